The van der Waals surface area contributed by atoms with Crippen molar-refractivity contribution < 1.29 is 4.79 Å². The summed E-state index contributed by atoms with van der Waals surface area (Å²) in [4.78, 5) is 12.1. The molecular formula is C16H17N5O. The Balaban J connectivity index is 2.09. The first kappa shape index (κ1) is 15.5. The molecule has 2 N–H and O–H groups in total. The minimum Gasteiger partial charge on any atom is -0.326 e. The van der Waals surface area contributed by atoms with Crippen LogP contribution in [0, 0.1) is 35.5 Å². The lowest BCUT2D eigenvalue weighted by Crippen LogP contribution is -2.20. The highest BCUT2D eigenvalue weighted by atomic mass is 16.1. The van der Waals surface area contributed by atoms with Crippen molar-refractivity contribution >= 4 is 23.0 Å². The van der Waals surface area contributed by atoms with Gasteiger partial charge in [0, 0.05) is 11.6 Å². The third kappa shape index (κ3) is 3.83. The number of carbonyl (C=O) groups excluding carboxylic acids is 1. The van der Waals surface area contributed by atoms with Gasteiger partial charge in [0.05, 0.1) is 5.69 Å². The summed E-state index contributed by atoms with van der Waals surface area (Å²) in [5, 5.41) is 24.0. The largest absolute Gasteiger partial charge is 0.326 e. The third-order valence-electron chi connectivity index (χ3n) is 3.73. The van der Waals surface area contributed by atoms with Crippen molar-refractivity contribution in [2.45, 2.75) is 32.6 Å². The van der Waals surface area contributed by atoms with E-state index in [4.69, 9.17) is 10.5 Å². The first-order valence-electron chi connectivity index (χ1n) is 7.19. The fourth-order valence-corrected chi connectivity index (χ4v) is 2.44. The molecule has 0 bridgehead atoms. The van der Waals surface area contributed by atoms with Crippen molar-refractivity contribution in [3.8, 4) is 12.1 Å². The molecule has 1 aliphatic carbocycles. The second-order valence-corrected chi connectivity index (χ2v) is 5.30. The van der Waals surface area contributed by atoms with E-state index >= 15 is 0 Å². The molecule has 0 atom stereocenters. The number of hydrogen-bond acceptors (Lipinski definition) is 5. The van der Waals surface area contributed by atoms with Gasteiger partial charge in [0.2, 0.25) is 11.6 Å². The lowest BCUT2D eigenvalue weighted by Gasteiger charge is -2.12. The van der Waals surface area contributed by atoms with E-state index in [1.54, 1.807) is 18.2 Å². The molecule has 1 aromatic carbocycles. The van der Waals surface area contributed by atoms with Gasteiger partial charge in [-0.15, -0.1) is 0 Å². The van der Waals surface area contributed by atoms with E-state index in [1.807, 2.05) is 19.1 Å². The highest BCUT2D eigenvalue weighted by molar-refractivity contribution is 6.10. The van der Waals surface area contributed by atoms with Crippen LogP contribution in [0.25, 0.3) is 0 Å². The normalized spacial score (nSPS) is 13.8. The van der Waals surface area contributed by atoms with E-state index in [0.717, 1.165) is 31.2 Å². The number of nitriles is 2. The molecule has 0 radical (unpaired) electrons. The minimum absolute atomic E-state index is 0.0468. The van der Waals surface area contributed by atoms with Crippen LogP contribution >= 0.6 is 0 Å². The summed E-state index contributed by atoms with van der Waals surface area (Å²) >= 11 is 0. The zero-order valence-corrected chi connectivity index (χ0v) is 12.4. The second kappa shape index (κ2) is 7.24. The van der Waals surface area contributed by atoms with Crippen molar-refractivity contribution in [2.75, 3.05) is 10.7 Å². The summed E-state index contributed by atoms with van der Waals surface area (Å²) in [6.45, 7) is 1.87. The molecule has 1 aliphatic rings. The Morgan fingerprint density at radius 1 is 1.27 bits per heavy atom. The molecule has 1 fully saturated rings. The maximum atomic E-state index is 12.1. The van der Waals surface area contributed by atoms with Gasteiger partial charge in [0.25, 0.3) is 0 Å². The number of anilines is 2. The molecular weight excluding hydrogens is 278 g/mol. The molecule has 0 saturated heterocycles. The number of hydrazone groups is 1. The Kier molecular flexibility index (Phi) is 5.11. The average molecular weight is 295 g/mol. The van der Waals surface area contributed by atoms with Gasteiger partial charge in [-0.1, -0.05) is 18.9 Å². The van der Waals surface area contributed by atoms with Crippen LogP contribution in [0.5, 0.6) is 0 Å². The average Bonchev–Trinajstić information content (AvgIpc) is 3.05. The van der Waals surface area contributed by atoms with E-state index in [0.29, 0.717) is 11.4 Å². The lowest BCUT2D eigenvalue weighted by atomic mass is 10.1. The first-order valence-corrected chi connectivity index (χ1v) is 7.19. The van der Waals surface area contributed by atoms with Crippen molar-refractivity contribution in [1.82, 2.24) is 0 Å². The topological polar surface area (TPSA) is 101 Å². The molecule has 0 aliphatic heterocycles. The maximum Gasteiger partial charge on any atom is 0.237 e. The minimum atomic E-state index is -0.250. The first-order chi connectivity index (χ1) is 10.6. The Morgan fingerprint density at radius 2 is 1.95 bits per heavy atom. The molecule has 1 amide bonds. The van der Waals surface area contributed by atoms with Crippen LogP contribution in [0.1, 0.15) is 31.2 Å². The van der Waals surface area contributed by atoms with Gasteiger partial charge >= 0.3 is 0 Å². The number of rotatable bonds is 4. The van der Waals surface area contributed by atoms with Crippen LogP contribution in [-0.2, 0) is 4.79 Å². The molecule has 1 aromatic rings. The monoisotopic (exact) mass is 295 g/mol. The van der Waals surface area contributed by atoms with Crippen molar-refractivity contribution in [3.05, 3.63) is 23.8 Å². The summed E-state index contributed by atoms with van der Waals surface area (Å²) < 4.78 is 0. The van der Waals surface area contributed by atoms with Gasteiger partial charge in [-0.05, 0) is 37.5 Å². The summed E-state index contributed by atoms with van der Waals surface area (Å²) in [7, 11) is 0. The molecule has 0 aromatic heterocycles. The fourth-order valence-electron chi connectivity index (χ4n) is 2.44. The van der Waals surface area contributed by atoms with Gasteiger partial charge in [-0.3, -0.25) is 10.2 Å². The highest BCUT2D eigenvalue weighted by Crippen LogP contribution is 2.27. The number of nitrogens with one attached hydrogen (secondary N) is 2. The summed E-state index contributed by atoms with van der Waals surface area (Å²) in [5.74, 6) is 0.144. The van der Waals surface area contributed by atoms with Gasteiger partial charge in [-0.25, -0.2) is 0 Å². The number of carbonyl (C=O) groups is 1. The zero-order valence-electron chi connectivity index (χ0n) is 12.4. The van der Waals surface area contributed by atoms with Crippen LogP contribution in [0.2, 0.25) is 0 Å². The Bertz CT molecular complexity index is 659. The molecule has 6 heteroatoms. The molecule has 6 nitrogen and oxygen atoms in total. The predicted molar refractivity (Wildman–Crippen MR) is 84.1 cm³/mol. The smallest absolute Gasteiger partial charge is 0.237 e. The Labute approximate surface area is 129 Å². The summed E-state index contributed by atoms with van der Waals surface area (Å²) in [6, 6.07) is 8.79. The van der Waals surface area contributed by atoms with Gasteiger partial charge in [0.15, 0.2) is 0 Å². The van der Waals surface area contributed by atoms with Crippen molar-refractivity contribution in [1.29, 1.82) is 10.5 Å². The van der Waals surface area contributed by atoms with Gasteiger partial charge in [0.1, 0.15) is 12.1 Å². The predicted octanol–water partition coefficient (Wildman–Crippen LogP) is 2.94. The van der Waals surface area contributed by atoms with Crippen LogP contribution in [-0.4, -0.2) is 11.6 Å². The third-order valence-corrected chi connectivity index (χ3v) is 3.73. The number of nitrogens with zero attached hydrogens (tertiary/aromatic N) is 3. The van der Waals surface area contributed by atoms with Gasteiger partial charge in [-0.2, -0.15) is 15.6 Å². The molecule has 2 rings (SSSR count). The SMILES string of the molecule is Cc1ccc(NC(=O)C2CCCC2)cc1NN=C(C#N)C#N. The number of benzene rings is 1. The molecule has 0 spiro atoms. The standard InChI is InChI=1S/C16H17N5O/c1-11-6-7-13(19-16(22)12-4-2-3-5-12)8-15(11)21-20-14(9-17)10-18/h6-8,12,21H,2-5H2,1H3,(H,19,22). The summed E-state index contributed by atoms with van der Waals surface area (Å²) in [5.41, 5.74) is 4.66. The summed E-state index contributed by atoms with van der Waals surface area (Å²) in [6.07, 6.45) is 4.11. The molecule has 22 heavy (non-hydrogen) atoms. The lowest BCUT2D eigenvalue weighted by molar-refractivity contribution is -0.119. The van der Waals surface area contributed by atoms with Crippen LogP contribution in [0.15, 0.2) is 23.3 Å². The fraction of sp³-hybridized carbons (Fsp3) is 0.375. The molecule has 0 heterocycles. The Hall–Kier alpha value is -2.86. The highest BCUT2D eigenvalue weighted by Gasteiger charge is 2.22. The zero-order chi connectivity index (χ0) is 15.9. The molecule has 112 valence electrons. The van der Waals surface area contributed by atoms with Crippen molar-refractivity contribution in [3.63, 3.8) is 0 Å². The van der Waals surface area contributed by atoms with Crippen LogP contribution in [0.4, 0.5) is 11.4 Å². The van der Waals surface area contributed by atoms with Crippen LogP contribution in [0.3, 0.4) is 0 Å². The molecule has 0 unspecified atom stereocenters. The Morgan fingerprint density at radius 3 is 2.59 bits per heavy atom. The second-order valence-electron chi connectivity index (χ2n) is 5.30. The molecule has 1 saturated carbocycles. The van der Waals surface area contributed by atoms with E-state index < -0.39 is 0 Å². The van der Waals surface area contributed by atoms with E-state index in [-0.39, 0.29) is 17.5 Å². The van der Waals surface area contributed by atoms with Gasteiger partial charge < -0.3 is 5.32 Å². The maximum absolute atomic E-state index is 12.1. The van der Waals surface area contributed by atoms with E-state index in [9.17, 15) is 4.79 Å². The van der Waals surface area contributed by atoms with E-state index in [1.165, 1.54) is 0 Å². The van der Waals surface area contributed by atoms with Crippen molar-refractivity contribution in [2.24, 2.45) is 11.0 Å². The number of hydrogen-bond donors (Lipinski definition) is 2. The quantitative estimate of drug-likeness (QED) is 0.658. The number of amides is 1. The van der Waals surface area contributed by atoms with Crippen LogP contribution < -0.4 is 10.7 Å². The number of aryl methyl sites for hydroxylation is 1. The van der Waals surface area contributed by atoms with E-state index in [2.05, 4.69) is 15.8 Å².